The minimum absolute atomic E-state index is 0.0277. The van der Waals surface area contributed by atoms with Crippen LogP contribution in [0, 0.1) is 0 Å². The molecule has 6 heteroatoms. The average molecular weight is 402 g/mol. The molecule has 0 bridgehead atoms. The minimum Gasteiger partial charge on any atom is -0.444 e. The Labute approximate surface area is 174 Å². The third-order valence-corrected chi connectivity index (χ3v) is 5.08. The largest absolute Gasteiger partial charge is 0.444 e. The van der Waals surface area contributed by atoms with Gasteiger partial charge in [-0.05, 0) is 65.0 Å². The molecular weight excluding hydrogens is 366 g/mol. The smallest absolute Gasteiger partial charge is 0.407 e. The molecule has 0 heterocycles. The van der Waals surface area contributed by atoms with Gasteiger partial charge in [-0.2, -0.15) is 0 Å². The summed E-state index contributed by atoms with van der Waals surface area (Å²) in [5, 5.41) is 6.21. The van der Waals surface area contributed by atoms with Crippen molar-refractivity contribution >= 4 is 23.8 Å². The molecule has 2 unspecified atom stereocenters. The predicted octanol–water partition coefficient (Wildman–Crippen LogP) is 4.43. The van der Waals surface area contributed by atoms with Crippen LogP contribution in [-0.4, -0.2) is 47.7 Å². The Balaban J connectivity index is 1.93. The fourth-order valence-corrected chi connectivity index (χ4v) is 3.80. The quantitative estimate of drug-likeness (QED) is 0.709. The molecule has 2 atom stereocenters. The van der Waals surface area contributed by atoms with Gasteiger partial charge in [-0.25, -0.2) is 4.79 Å². The Bertz CT molecular complexity index is 712. The third kappa shape index (κ3) is 7.11. The number of ether oxygens (including phenoxy) is 1. The third-order valence-electron chi connectivity index (χ3n) is 5.08. The Hall–Kier alpha value is -2.50. The van der Waals surface area contributed by atoms with Crippen molar-refractivity contribution in [3.8, 4) is 0 Å². The van der Waals surface area contributed by atoms with E-state index in [4.69, 9.17) is 4.74 Å². The second-order valence-corrected chi connectivity index (χ2v) is 8.49. The molecule has 0 radical (unpaired) electrons. The normalized spacial score (nSPS) is 19.2. The van der Waals surface area contributed by atoms with E-state index >= 15 is 0 Å². The molecule has 1 aromatic rings. The molecule has 2 amide bonds. The molecule has 6 nitrogen and oxygen atoms in total. The highest BCUT2D eigenvalue weighted by Crippen LogP contribution is 2.24. The summed E-state index contributed by atoms with van der Waals surface area (Å²) in [4.78, 5) is 26.9. The van der Waals surface area contributed by atoms with E-state index in [0.29, 0.717) is 6.54 Å². The highest BCUT2D eigenvalue weighted by molar-refractivity contribution is 5.82. The lowest BCUT2D eigenvalue weighted by Crippen LogP contribution is -2.49. The van der Waals surface area contributed by atoms with Crippen LogP contribution in [0.3, 0.4) is 0 Å². The number of rotatable bonds is 7. The van der Waals surface area contributed by atoms with Crippen LogP contribution in [0.25, 0.3) is 6.08 Å². The van der Waals surface area contributed by atoms with Gasteiger partial charge in [-0.15, -0.1) is 0 Å². The van der Waals surface area contributed by atoms with Crippen LogP contribution in [0.5, 0.6) is 0 Å². The van der Waals surface area contributed by atoms with Gasteiger partial charge < -0.3 is 20.3 Å². The number of anilines is 1. The number of para-hydroxylation sites is 1. The van der Waals surface area contributed by atoms with Gasteiger partial charge in [0, 0.05) is 24.3 Å². The molecule has 2 rings (SSSR count). The van der Waals surface area contributed by atoms with E-state index in [0.717, 1.165) is 36.9 Å². The Morgan fingerprint density at radius 2 is 2.00 bits per heavy atom. The number of carbonyl (C=O) groups excluding carboxylic acids is 2. The molecule has 0 spiro atoms. The summed E-state index contributed by atoms with van der Waals surface area (Å²) in [6, 6.07) is 7.94. The molecule has 1 fully saturated rings. The number of alkyl carbamates (subject to hydrolysis) is 1. The zero-order valence-corrected chi connectivity index (χ0v) is 18.2. The molecule has 1 aromatic carbocycles. The van der Waals surface area contributed by atoms with Crippen molar-refractivity contribution in [3.63, 3.8) is 0 Å². The van der Waals surface area contributed by atoms with Crippen LogP contribution >= 0.6 is 0 Å². The van der Waals surface area contributed by atoms with Gasteiger partial charge in [0.2, 0.25) is 5.91 Å². The molecule has 1 aliphatic rings. The maximum Gasteiger partial charge on any atom is 0.407 e. The number of likely N-dealkylation sites (N-methyl/N-ethyl adjacent to an activating group) is 1. The van der Waals surface area contributed by atoms with E-state index < -0.39 is 5.60 Å². The lowest BCUT2D eigenvalue weighted by atomic mass is 9.90. The molecular formula is C23H35N3O3. The first kappa shape index (κ1) is 22.8. The first-order valence-electron chi connectivity index (χ1n) is 10.5. The highest BCUT2D eigenvalue weighted by Gasteiger charge is 2.30. The molecule has 2 N–H and O–H groups in total. The fraction of sp³-hybridized carbons (Fsp3) is 0.565. The van der Waals surface area contributed by atoms with Gasteiger partial charge in [-0.3, -0.25) is 4.79 Å². The van der Waals surface area contributed by atoms with Crippen molar-refractivity contribution in [1.82, 2.24) is 10.2 Å². The number of hydrogen-bond donors (Lipinski definition) is 2. The lowest BCUT2D eigenvalue weighted by molar-refractivity contribution is -0.132. The summed E-state index contributed by atoms with van der Waals surface area (Å²) in [5.74, 6) is 0.0642. The van der Waals surface area contributed by atoms with Crippen molar-refractivity contribution in [2.75, 3.05) is 18.4 Å². The SMILES string of the molecule is C=Cc1ccccc1NCC(=O)N(CC)C1CCCC(NC(=O)OC(C)(C)C)C1. The Kier molecular flexibility index (Phi) is 8.11. The van der Waals surface area contributed by atoms with Crippen LogP contribution in [-0.2, 0) is 9.53 Å². The van der Waals surface area contributed by atoms with E-state index in [-0.39, 0.29) is 30.6 Å². The van der Waals surface area contributed by atoms with Crippen LogP contribution in [0.15, 0.2) is 30.8 Å². The number of amides is 2. The Morgan fingerprint density at radius 1 is 1.28 bits per heavy atom. The molecule has 160 valence electrons. The van der Waals surface area contributed by atoms with E-state index in [1.165, 1.54) is 0 Å². The van der Waals surface area contributed by atoms with Gasteiger partial charge in [-0.1, -0.05) is 30.9 Å². The topological polar surface area (TPSA) is 70.7 Å². The van der Waals surface area contributed by atoms with Gasteiger partial charge in [0.25, 0.3) is 0 Å². The molecule has 1 saturated carbocycles. The second kappa shape index (κ2) is 10.3. The summed E-state index contributed by atoms with van der Waals surface area (Å²) in [6.07, 6.45) is 4.98. The van der Waals surface area contributed by atoms with E-state index in [1.807, 2.05) is 56.9 Å². The fourth-order valence-electron chi connectivity index (χ4n) is 3.80. The average Bonchev–Trinajstić information content (AvgIpc) is 2.66. The van der Waals surface area contributed by atoms with Crippen molar-refractivity contribution in [1.29, 1.82) is 0 Å². The molecule has 0 saturated heterocycles. The summed E-state index contributed by atoms with van der Waals surface area (Å²) >= 11 is 0. The van der Waals surface area contributed by atoms with Crippen LogP contribution in [0.2, 0.25) is 0 Å². The first-order valence-corrected chi connectivity index (χ1v) is 10.5. The van der Waals surface area contributed by atoms with Crippen LogP contribution in [0.4, 0.5) is 10.5 Å². The number of nitrogens with zero attached hydrogens (tertiary/aromatic N) is 1. The first-order chi connectivity index (χ1) is 13.7. The van der Waals surface area contributed by atoms with Gasteiger partial charge in [0.1, 0.15) is 5.60 Å². The monoisotopic (exact) mass is 401 g/mol. The molecule has 1 aliphatic carbocycles. The van der Waals surface area contributed by atoms with Gasteiger partial charge in [0.15, 0.2) is 0 Å². The van der Waals surface area contributed by atoms with E-state index in [2.05, 4.69) is 17.2 Å². The zero-order chi connectivity index (χ0) is 21.4. The van der Waals surface area contributed by atoms with Gasteiger partial charge in [0.05, 0.1) is 6.54 Å². The molecule has 0 aromatic heterocycles. The maximum atomic E-state index is 12.9. The van der Waals surface area contributed by atoms with Crippen LogP contribution < -0.4 is 10.6 Å². The number of nitrogens with one attached hydrogen (secondary N) is 2. The minimum atomic E-state index is -0.517. The van der Waals surface area contributed by atoms with Crippen molar-refractivity contribution < 1.29 is 14.3 Å². The molecule has 0 aliphatic heterocycles. The summed E-state index contributed by atoms with van der Waals surface area (Å²) < 4.78 is 5.37. The number of hydrogen-bond acceptors (Lipinski definition) is 4. The molecule has 29 heavy (non-hydrogen) atoms. The summed E-state index contributed by atoms with van der Waals surface area (Å²) in [6.45, 7) is 12.3. The van der Waals surface area contributed by atoms with E-state index in [9.17, 15) is 9.59 Å². The predicted molar refractivity (Wildman–Crippen MR) is 118 cm³/mol. The van der Waals surface area contributed by atoms with E-state index in [1.54, 1.807) is 6.08 Å². The standard InChI is InChI=1S/C23H35N3O3/c1-6-17-11-8-9-14-20(17)24-16-21(27)26(7-2)19-13-10-12-18(15-19)25-22(28)29-23(3,4)5/h6,8-9,11,14,18-19,24H,1,7,10,12-13,15-16H2,2-5H3,(H,25,28). The second-order valence-electron chi connectivity index (χ2n) is 8.49. The maximum absolute atomic E-state index is 12.9. The number of benzene rings is 1. The van der Waals surface area contributed by atoms with Crippen molar-refractivity contribution in [3.05, 3.63) is 36.4 Å². The van der Waals surface area contributed by atoms with Gasteiger partial charge >= 0.3 is 6.09 Å². The summed E-state index contributed by atoms with van der Waals surface area (Å²) in [7, 11) is 0. The zero-order valence-electron chi connectivity index (χ0n) is 18.2. The van der Waals surface area contributed by atoms with Crippen molar-refractivity contribution in [2.45, 2.75) is 71.1 Å². The van der Waals surface area contributed by atoms with Crippen LogP contribution in [0.1, 0.15) is 58.9 Å². The summed E-state index contributed by atoms with van der Waals surface area (Å²) in [5.41, 5.74) is 1.36. The Morgan fingerprint density at radius 3 is 2.66 bits per heavy atom. The van der Waals surface area contributed by atoms with Crippen molar-refractivity contribution in [2.24, 2.45) is 0 Å². The highest BCUT2D eigenvalue weighted by atomic mass is 16.6. The number of carbonyl (C=O) groups is 2. The lowest BCUT2D eigenvalue weighted by Gasteiger charge is -2.37.